The van der Waals surface area contributed by atoms with Crippen LogP contribution in [0.25, 0.3) is 17.2 Å². The largest absolute Gasteiger partial charge is 0.497 e. The number of nitrogens with one attached hydrogen (secondary N) is 1. The Balaban J connectivity index is 1.35. The molecule has 0 spiro atoms. The summed E-state index contributed by atoms with van der Waals surface area (Å²) in [6.45, 7) is 4.41. The van der Waals surface area contributed by atoms with Crippen molar-refractivity contribution in [3.05, 3.63) is 71.1 Å². The molecule has 8 nitrogen and oxygen atoms in total. The number of alkyl halides is 2. The van der Waals surface area contributed by atoms with E-state index in [4.69, 9.17) is 24.7 Å². The van der Waals surface area contributed by atoms with Crippen molar-refractivity contribution in [1.82, 2.24) is 19.5 Å². The molecule has 0 amide bonds. The molecule has 0 unspecified atom stereocenters. The van der Waals surface area contributed by atoms with Gasteiger partial charge in [0, 0.05) is 24.6 Å². The number of anilines is 1. The molecule has 0 atom stereocenters. The number of ether oxygens (including phenoxy) is 2. The van der Waals surface area contributed by atoms with Crippen molar-refractivity contribution < 1.29 is 18.3 Å². The van der Waals surface area contributed by atoms with Crippen LogP contribution < -0.4 is 14.8 Å². The maximum atomic E-state index is 13.0. The number of methoxy groups -OCH3 is 1. The highest BCUT2D eigenvalue weighted by atomic mass is 19.3. The molecule has 3 aliphatic carbocycles. The van der Waals surface area contributed by atoms with E-state index in [-0.39, 0.29) is 17.4 Å². The van der Waals surface area contributed by atoms with Gasteiger partial charge in [0.25, 0.3) is 5.88 Å². The second kappa shape index (κ2) is 10.1. The number of rotatable bonds is 10. The van der Waals surface area contributed by atoms with Crippen molar-refractivity contribution >= 4 is 23.2 Å². The number of benzene rings is 2. The lowest BCUT2D eigenvalue weighted by Crippen LogP contribution is -2.71. The van der Waals surface area contributed by atoms with Gasteiger partial charge in [0.15, 0.2) is 11.2 Å². The number of hydrogen-bond acceptors (Lipinski definition) is 7. The van der Waals surface area contributed by atoms with E-state index in [0.29, 0.717) is 54.5 Å². The molecule has 0 radical (unpaired) electrons. The number of imidazole rings is 1. The molecule has 3 aliphatic rings. The summed E-state index contributed by atoms with van der Waals surface area (Å²) in [5.41, 5.74) is 4.31. The Labute approximate surface area is 236 Å². The molecule has 7 rings (SSSR count). The lowest BCUT2D eigenvalue weighted by Gasteiger charge is -2.70. The van der Waals surface area contributed by atoms with Crippen LogP contribution in [0.2, 0.25) is 0 Å². The molecule has 2 aromatic carbocycles. The molecular weight excluding hydrogens is 526 g/mol. The fourth-order valence-electron chi connectivity index (χ4n) is 6.50. The SMILES string of the molecule is COc1ccc(Cn2cnc3nc(NC45CC(CC(F)F)(C4)C5)nc(Oc4c(C)cc(/C=C/C#N)cc4C)c32)cc1. The molecule has 4 aromatic rings. The Bertz CT molecular complexity index is 1650. The topological polar surface area (TPSA) is 97.9 Å². The summed E-state index contributed by atoms with van der Waals surface area (Å²) in [7, 11) is 1.63. The van der Waals surface area contributed by atoms with Crippen molar-refractivity contribution in [3.63, 3.8) is 0 Å². The molecule has 2 heterocycles. The summed E-state index contributed by atoms with van der Waals surface area (Å²) in [6.07, 6.45) is 4.62. The monoisotopic (exact) mass is 556 g/mol. The number of nitriles is 1. The molecule has 210 valence electrons. The summed E-state index contributed by atoms with van der Waals surface area (Å²) >= 11 is 0. The number of aryl methyl sites for hydroxylation is 2. The lowest BCUT2D eigenvalue weighted by molar-refractivity contribution is -0.146. The molecule has 41 heavy (non-hydrogen) atoms. The average molecular weight is 557 g/mol. The first-order chi connectivity index (χ1) is 19.7. The molecule has 10 heteroatoms. The van der Waals surface area contributed by atoms with E-state index < -0.39 is 6.43 Å². The molecule has 3 fully saturated rings. The van der Waals surface area contributed by atoms with Gasteiger partial charge in [-0.15, -0.1) is 0 Å². The number of nitrogens with zero attached hydrogens (tertiary/aromatic N) is 5. The molecule has 0 aliphatic heterocycles. The summed E-state index contributed by atoms with van der Waals surface area (Å²) in [5, 5.41) is 12.3. The number of halogens is 2. The van der Waals surface area contributed by atoms with Crippen LogP contribution in [0.1, 0.15) is 47.9 Å². The van der Waals surface area contributed by atoms with Gasteiger partial charge in [0.2, 0.25) is 12.4 Å². The summed E-state index contributed by atoms with van der Waals surface area (Å²) in [5.74, 6) is 2.15. The Morgan fingerprint density at radius 1 is 1.12 bits per heavy atom. The van der Waals surface area contributed by atoms with Crippen LogP contribution in [0.5, 0.6) is 17.4 Å². The average Bonchev–Trinajstić information content (AvgIpc) is 3.30. The van der Waals surface area contributed by atoms with Gasteiger partial charge in [-0.25, -0.2) is 13.8 Å². The van der Waals surface area contributed by atoms with Crippen LogP contribution in [-0.2, 0) is 6.54 Å². The number of aromatic nitrogens is 4. The molecule has 2 bridgehead atoms. The van der Waals surface area contributed by atoms with Crippen molar-refractivity contribution in [1.29, 1.82) is 5.26 Å². The summed E-state index contributed by atoms with van der Waals surface area (Å²) in [6, 6.07) is 13.7. The predicted molar refractivity (Wildman–Crippen MR) is 151 cm³/mol. The number of allylic oxidation sites excluding steroid dienone is 1. The third-order valence-electron chi connectivity index (χ3n) is 8.09. The van der Waals surface area contributed by atoms with Crippen molar-refractivity contribution in [3.8, 4) is 23.4 Å². The molecule has 3 saturated carbocycles. The number of fused-ring (bicyclic) bond motifs is 1. The first-order valence-electron chi connectivity index (χ1n) is 13.5. The maximum Gasteiger partial charge on any atom is 0.250 e. The highest BCUT2D eigenvalue weighted by Gasteiger charge is 2.68. The van der Waals surface area contributed by atoms with Gasteiger partial charge in [0.1, 0.15) is 11.5 Å². The minimum absolute atomic E-state index is 0.0570. The van der Waals surface area contributed by atoms with Gasteiger partial charge in [0.05, 0.1) is 19.5 Å². The van der Waals surface area contributed by atoms with Crippen LogP contribution in [-0.4, -0.2) is 38.6 Å². The highest BCUT2D eigenvalue weighted by molar-refractivity contribution is 5.79. The number of hydrogen-bond donors (Lipinski definition) is 1. The summed E-state index contributed by atoms with van der Waals surface area (Å²) < 4.78 is 39.8. The first kappa shape index (κ1) is 26.7. The fraction of sp³-hybridized carbons (Fsp3) is 0.355. The van der Waals surface area contributed by atoms with E-state index in [1.807, 2.05) is 60.9 Å². The van der Waals surface area contributed by atoms with E-state index in [9.17, 15) is 8.78 Å². The van der Waals surface area contributed by atoms with Gasteiger partial charge in [-0.05, 0) is 91.1 Å². The normalized spacial score (nSPS) is 21.0. The third kappa shape index (κ3) is 5.08. The Morgan fingerprint density at radius 2 is 1.83 bits per heavy atom. The Morgan fingerprint density at radius 3 is 2.46 bits per heavy atom. The van der Waals surface area contributed by atoms with Crippen LogP contribution >= 0.6 is 0 Å². The smallest absolute Gasteiger partial charge is 0.250 e. The predicted octanol–water partition coefficient (Wildman–Crippen LogP) is 6.82. The minimum Gasteiger partial charge on any atom is -0.497 e. The van der Waals surface area contributed by atoms with E-state index in [1.54, 1.807) is 19.5 Å². The van der Waals surface area contributed by atoms with Crippen LogP contribution in [0, 0.1) is 30.6 Å². The first-order valence-corrected chi connectivity index (χ1v) is 13.5. The van der Waals surface area contributed by atoms with Gasteiger partial charge in [-0.1, -0.05) is 12.1 Å². The zero-order valence-electron chi connectivity index (χ0n) is 23.1. The quantitative estimate of drug-likeness (QED) is 0.214. The second-order valence-electron chi connectivity index (χ2n) is 11.3. The lowest BCUT2D eigenvalue weighted by atomic mass is 9.38. The van der Waals surface area contributed by atoms with Crippen LogP contribution in [0.4, 0.5) is 14.7 Å². The van der Waals surface area contributed by atoms with Gasteiger partial charge in [-0.2, -0.15) is 15.2 Å². The Kier molecular flexibility index (Phi) is 6.60. The molecular formula is C31H30F2N6O2. The van der Waals surface area contributed by atoms with Gasteiger partial charge in [-0.3, -0.25) is 0 Å². The van der Waals surface area contributed by atoms with E-state index in [1.165, 1.54) is 6.08 Å². The van der Waals surface area contributed by atoms with E-state index in [0.717, 1.165) is 28.0 Å². The van der Waals surface area contributed by atoms with Crippen molar-refractivity contribution in [2.45, 2.75) is 58.0 Å². The second-order valence-corrected chi connectivity index (χ2v) is 11.3. The van der Waals surface area contributed by atoms with Crippen molar-refractivity contribution in [2.24, 2.45) is 5.41 Å². The highest BCUT2D eigenvalue weighted by Crippen LogP contribution is 2.70. The molecule has 0 saturated heterocycles. The van der Waals surface area contributed by atoms with Crippen molar-refractivity contribution in [2.75, 3.05) is 12.4 Å². The van der Waals surface area contributed by atoms with Gasteiger partial charge < -0.3 is 19.4 Å². The van der Waals surface area contributed by atoms with E-state index in [2.05, 4.69) is 10.3 Å². The van der Waals surface area contributed by atoms with Gasteiger partial charge >= 0.3 is 0 Å². The van der Waals surface area contributed by atoms with E-state index >= 15 is 0 Å². The maximum absolute atomic E-state index is 13.0. The molecule has 1 N–H and O–H groups in total. The summed E-state index contributed by atoms with van der Waals surface area (Å²) in [4.78, 5) is 14.1. The fourth-order valence-corrected chi connectivity index (χ4v) is 6.50. The zero-order chi connectivity index (χ0) is 28.8. The Hall–Kier alpha value is -4.52. The van der Waals surface area contributed by atoms with Crippen LogP contribution in [0.3, 0.4) is 0 Å². The molecule has 2 aromatic heterocycles. The third-order valence-corrected chi connectivity index (χ3v) is 8.09. The minimum atomic E-state index is -2.29. The zero-order valence-corrected chi connectivity index (χ0v) is 23.1. The van der Waals surface area contributed by atoms with Crippen LogP contribution in [0.15, 0.2) is 48.8 Å². The standard InChI is InChI=1S/C31H30F2N6O2/c1-19-11-22(5-4-10-34)12-20(2)26(19)41-28-25-27(35-18-39(25)14-21-6-8-23(40-3)9-7-21)36-29(37-28)38-31-15-30(16-31,17-31)13-24(32)33/h4-9,11-12,18,24H,13-17H2,1-3H3,(H,36,37,38)/b5-4+.